The minimum atomic E-state index is -0.775. The van der Waals surface area contributed by atoms with Crippen molar-refractivity contribution in [1.29, 1.82) is 0 Å². The van der Waals surface area contributed by atoms with Gasteiger partial charge in [0.05, 0.1) is 18.8 Å². The number of carbonyl (C=O) groups excluding carboxylic acids is 2. The molecule has 1 saturated heterocycles. The number of ether oxygens (including phenoxy) is 3. The van der Waals surface area contributed by atoms with Crippen LogP contribution in [0.25, 0.3) is 0 Å². The average molecular weight is 637 g/mol. The van der Waals surface area contributed by atoms with Gasteiger partial charge in [-0.1, -0.05) is 154 Å². The highest BCUT2D eigenvalue weighted by Gasteiger charge is 2.36. The molecule has 0 aromatic rings. The van der Waals surface area contributed by atoms with E-state index in [1.54, 1.807) is 0 Å². The lowest BCUT2D eigenvalue weighted by atomic mass is 10.0. The van der Waals surface area contributed by atoms with Gasteiger partial charge in [-0.3, -0.25) is 9.59 Å². The van der Waals surface area contributed by atoms with Crippen molar-refractivity contribution in [3.8, 4) is 0 Å². The fourth-order valence-corrected chi connectivity index (χ4v) is 5.91. The van der Waals surface area contributed by atoms with Crippen LogP contribution in [0.1, 0.15) is 194 Å². The zero-order chi connectivity index (χ0) is 32.6. The fourth-order valence-electron chi connectivity index (χ4n) is 5.91. The summed E-state index contributed by atoms with van der Waals surface area (Å²) >= 11 is 0. The average Bonchev–Trinajstić information content (AvgIpc) is 3.80. The molecule has 3 atom stereocenters. The molecule has 0 aromatic carbocycles. The molecule has 0 spiro atoms. The van der Waals surface area contributed by atoms with Gasteiger partial charge in [0.15, 0.2) is 6.10 Å². The first-order valence-corrected chi connectivity index (χ1v) is 19.4. The smallest absolute Gasteiger partial charge is 0.306 e. The van der Waals surface area contributed by atoms with E-state index in [2.05, 4.69) is 26.0 Å². The monoisotopic (exact) mass is 637 g/mol. The molecule has 0 aliphatic carbocycles. The van der Waals surface area contributed by atoms with E-state index in [-0.39, 0.29) is 25.2 Å². The molecule has 1 aliphatic rings. The van der Waals surface area contributed by atoms with E-state index in [1.807, 2.05) is 0 Å². The molecule has 1 rings (SSSR count). The third-order valence-corrected chi connectivity index (χ3v) is 8.98. The number of allylic oxidation sites excluding steroid dienone is 1. The lowest BCUT2D eigenvalue weighted by molar-refractivity contribution is -0.161. The van der Waals surface area contributed by atoms with Gasteiger partial charge in [-0.25, -0.2) is 0 Å². The summed E-state index contributed by atoms with van der Waals surface area (Å²) in [7, 11) is 0. The van der Waals surface area contributed by atoms with Crippen LogP contribution < -0.4 is 0 Å². The molecule has 2 unspecified atom stereocenters. The van der Waals surface area contributed by atoms with Gasteiger partial charge >= 0.3 is 11.9 Å². The van der Waals surface area contributed by atoms with Gasteiger partial charge in [-0.2, -0.15) is 0 Å². The zero-order valence-electron chi connectivity index (χ0n) is 29.6. The number of epoxide rings is 1. The van der Waals surface area contributed by atoms with Crippen molar-refractivity contribution in [3.05, 3.63) is 12.2 Å². The Bertz CT molecular complexity index is 708. The van der Waals surface area contributed by atoms with Crippen molar-refractivity contribution >= 4 is 11.9 Å². The van der Waals surface area contributed by atoms with Crippen LogP contribution >= 0.6 is 0 Å². The molecule has 264 valence electrons. The van der Waals surface area contributed by atoms with E-state index in [4.69, 9.17) is 14.2 Å². The molecule has 1 N–H and O–H groups in total. The Balaban J connectivity index is 1.88. The van der Waals surface area contributed by atoms with Crippen LogP contribution in [-0.2, 0) is 23.8 Å². The molecule has 1 heterocycles. The van der Waals surface area contributed by atoms with Crippen LogP contribution in [0.4, 0.5) is 0 Å². The maximum absolute atomic E-state index is 12.2. The maximum atomic E-state index is 12.2. The number of hydrogen-bond donors (Lipinski definition) is 1. The van der Waals surface area contributed by atoms with E-state index in [9.17, 15) is 14.7 Å². The Morgan fingerprint density at radius 3 is 1.67 bits per heavy atom. The molecule has 1 fully saturated rings. The van der Waals surface area contributed by atoms with Gasteiger partial charge in [-0.05, 0) is 38.5 Å². The predicted octanol–water partition coefficient (Wildman–Crippen LogP) is 10.7. The van der Waals surface area contributed by atoms with Crippen molar-refractivity contribution in [2.45, 2.75) is 212 Å². The Labute approximate surface area is 277 Å². The number of esters is 2. The topological polar surface area (TPSA) is 85.4 Å². The summed E-state index contributed by atoms with van der Waals surface area (Å²) in [5, 5.41) is 9.55. The molecule has 0 saturated carbocycles. The third kappa shape index (κ3) is 27.4. The Kier molecular flexibility index (Phi) is 28.9. The maximum Gasteiger partial charge on any atom is 0.306 e. The minimum absolute atomic E-state index is 0.0730. The van der Waals surface area contributed by atoms with Crippen LogP contribution in [0, 0.1) is 0 Å². The molecule has 0 bridgehead atoms. The first kappa shape index (κ1) is 41.6. The Hall–Kier alpha value is -1.40. The third-order valence-electron chi connectivity index (χ3n) is 8.98. The van der Waals surface area contributed by atoms with Crippen LogP contribution in [0.2, 0.25) is 0 Å². The predicted molar refractivity (Wildman–Crippen MR) is 186 cm³/mol. The van der Waals surface area contributed by atoms with E-state index in [1.165, 1.54) is 109 Å². The van der Waals surface area contributed by atoms with Crippen molar-refractivity contribution in [3.63, 3.8) is 0 Å². The van der Waals surface area contributed by atoms with E-state index >= 15 is 0 Å². The minimum Gasteiger partial charge on any atom is -0.462 e. The molecule has 0 radical (unpaired) electrons. The summed E-state index contributed by atoms with van der Waals surface area (Å²) in [4.78, 5) is 24.3. The largest absolute Gasteiger partial charge is 0.462 e. The molecular formula is C39H72O6. The highest BCUT2D eigenvalue weighted by molar-refractivity contribution is 5.70. The molecule has 0 amide bonds. The van der Waals surface area contributed by atoms with Crippen molar-refractivity contribution in [1.82, 2.24) is 0 Å². The highest BCUT2D eigenvalue weighted by Crippen LogP contribution is 2.30. The molecular weight excluding hydrogens is 564 g/mol. The summed E-state index contributed by atoms with van der Waals surface area (Å²) in [5.74, 6) is -0.606. The lowest BCUT2D eigenvalue weighted by Gasteiger charge is -2.15. The van der Waals surface area contributed by atoms with Crippen LogP contribution in [0.5, 0.6) is 0 Å². The van der Waals surface area contributed by atoms with Crippen molar-refractivity contribution in [2.75, 3.05) is 13.2 Å². The van der Waals surface area contributed by atoms with Crippen LogP contribution in [0.3, 0.4) is 0 Å². The first-order chi connectivity index (χ1) is 22.1. The molecule has 1 aliphatic heterocycles. The number of rotatable bonds is 34. The molecule has 6 nitrogen and oxygen atoms in total. The van der Waals surface area contributed by atoms with Crippen molar-refractivity contribution in [2.24, 2.45) is 0 Å². The summed E-state index contributed by atoms with van der Waals surface area (Å²) in [6.07, 6.45) is 37.2. The second-order valence-corrected chi connectivity index (χ2v) is 13.4. The standard InChI is InChI=1S/C39H72O6/c1-3-5-7-9-11-12-13-14-15-16-17-18-19-23-28-32-39(42)44-35(33-40)34-43-38(41)31-27-24-20-22-26-30-37-36(45-37)29-25-21-10-8-6-4-2/h21,25,35-37,40H,3-20,22-24,26-34H2,1-2H3/b25-21-/t35-,36?,37?/m0/s1. The zero-order valence-corrected chi connectivity index (χ0v) is 29.6. The number of aliphatic hydroxyl groups is 1. The normalized spacial score (nSPS) is 16.7. The molecule has 6 heteroatoms. The van der Waals surface area contributed by atoms with E-state index in [0.717, 1.165) is 57.8 Å². The Morgan fingerprint density at radius 2 is 1.11 bits per heavy atom. The van der Waals surface area contributed by atoms with Crippen LogP contribution in [0.15, 0.2) is 12.2 Å². The first-order valence-electron chi connectivity index (χ1n) is 19.4. The second kappa shape index (κ2) is 31.2. The number of hydrogen-bond acceptors (Lipinski definition) is 6. The summed E-state index contributed by atoms with van der Waals surface area (Å²) in [5.41, 5.74) is 0. The highest BCUT2D eigenvalue weighted by atomic mass is 16.6. The van der Waals surface area contributed by atoms with E-state index in [0.29, 0.717) is 25.0 Å². The van der Waals surface area contributed by atoms with Gasteiger partial charge in [-0.15, -0.1) is 0 Å². The summed E-state index contributed by atoms with van der Waals surface area (Å²) < 4.78 is 16.4. The van der Waals surface area contributed by atoms with Gasteiger partial charge < -0.3 is 19.3 Å². The lowest BCUT2D eigenvalue weighted by Crippen LogP contribution is -2.28. The van der Waals surface area contributed by atoms with Crippen molar-refractivity contribution < 1.29 is 28.9 Å². The summed E-state index contributed by atoms with van der Waals surface area (Å²) in [6.45, 7) is 4.10. The fraction of sp³-hybridized carbons (Fsp3) is 0.897. The van der Waals surface area contributed by atoms with Gasteiger partial charge in [0.25, 0.3) is 0 Å². The molecule has 0 aromatic heterocycles. The Morgan fingerprint density at radius 1 is 0.622 bits per heavy atom. The van der Waals surface area contributed by atoms with Gasteiger partial charge in [0.1, 0.15) is 6.61 Å². The number of carbonyl (C=O) groups is 2. The summed E-state index contributed by atoms with van der Waals surface area (Å²) in [6, 6.07) is 0. The molecule has 45 heavy (non-hydrogen) atoms. The van der Waals surface area contributed by atoms with E-state index < -0.39 is 6.10 Å². The van der Waals surface area contributed by atoms with Crippen LogP contribution in [-0.4, -0.2) is 48.6 Å². The second-order valence-electron chi connectivity index (χ2n) is 13.4. The van der Waals surface area contributed by atoms with Gasteiger partial charge in [0.2, 0.25) is 0 Å². The quantitative estimate of drug-likeness (QED) is 0.0327. The number of unbranched alkanes of at least 4 members (excludes halogenated alkanes) is 21. The van der Waals surface area contributed by atoms with Gasteiger partial charge in [0, 0.05) is 12.8 Å². The SMILES string of the molecule is CCCCC/C=C\CC1OC1CCCCCCCC(=O)OC[C@H](CO)OC(=O)CCCCCCCCCCCCCCCCC. The number of aliphatic hydroxyl groups excluding tert-OH is 1.